The van der Waals surface area contributed by atoms with E-state index in [0.29, 0.717) is 10.9 Å². The van der Waals surface area contributed by atoms with Crippen molar-refractivity contribution >= 4 is 17.7 Å². The van der Waals surface area contributed by atoms with Gasteiger partial charge in [-0.15, -0.1) is 5.10 Å². The Morgan fingerprint density at radius 2 is 1.90 bits per heavy atom. The number of fused-ring (bicyclic) bond motifs is 1. The van der Waals surface area contributed by atoms with Crippen LogP contribution in [-0.2, 0) is 17.6 Å². The first-order valence-electron chi connectivity index (χ1n) is 10.1. The van der Waals surface area contributed by atoms with E-state index in [1.165, 1.54) is 53.3 Å². The van der Waals surface area contributed by atoms with Crippen molar-refractivity contribution in [2.75, 3.05) is 5.75 Å². The van der Waals surface area contributed by atoms with Gasteiger partial charge < -0.3 is 5.32 Å². The highest BCUT2D eigenvalue weighted by molar-refractivity contribution is 7.99. The zero-order chi connectivity index (χ0) is 20.2. The molecule has 1 unspecified atom stereocenters. The minimum atomic E-state index is -0.0121. The summed E-state index contributed by atoms with van der Waals surface area (Å²) in [5.74, 6) is 0.998. The number of H-pyrrole nitrogens is 1. The molecule has 0 spiro atoms. The van der Waals surface area contributed by atoms with Crippen molar-refractivity contribution in [1.29, 1.82) is 0 Å². The summed E-state index contributed by atoms with van der Waals surface area (Å²) >= 11 is 1.34. The van der Waals surface area contributed by atoms with Gasteiger partial charge in [-0.05, 0) is 56.2 Å². The number of aromatic nitrogens is 3. The van der Waals surface area contributed by atoms with Crippen molar-refractivity contribution in [2.45, 2.75) is 50.7 Å². The molecule has 0 fully saturated rings. The van der Waals surface area contributed by atoms with Gasteiger partial charge >= 0.3 is 0 Å². The van der Waals surface area contributed by atoms with Crippen molar-refractivity contribution in [3.8, 4) is 11.4 Å². The van der Waals surface area contributed by atoms with Gasteiger partial charge in [0.2, 0.25) is 11.1 Å². The summed E-state index contributed by atoms with van der Waals surface area (Å²) in [4.78, 5) is 16.9. The second kappa shape index (κ2) is 8.82. The lowest BCUT2D eigenvalue weighted by Crippen LogP contribution is -2.28. The molecule has 5 nitrogen and oxygen atoms in total. The molecule has 2 N–H and O–H groups in total. The highest BCUT2D eigenvalue weighted by Crippen LogP contribution is 2.25. The van der Waals surface area contributed by atoms with E-state index in [2.05, 4.69) is 45.6 Å². The number of aryl methyl sites for hydroxylation is 3. The molecule has 1 aromatic heterocycles. The van der Waals surface area contributed by atoms with Crippen LogP contribution in [0.15, 0.2) is 47.6 Å². The van der Waals surface area contributed by atoms with Gasteiger partial charge in [-0.3, -0.25) is 9.89 Å². The Labute approximate surface area is 175 Å². The first kappa shape index (κ1) is 19.7. The van der Waals surface area contributed by atoms with Gasteiger partial charge in [0.05, 0.1) is 11.8 Å². The number of hydrogen-bond donors (Lipinski definition) is 2. The Morgan fingerprint density at radius 3 is 2.69 bits per heavy atom. The molecule has 0 radical (unpaired) electrons. The van der Waals surface area contributed by atoms with Crippen LogP contribution in [0.3, 0.4) is 0 Å². The minimum Gasteiger partial charge on any atom is -0.349 e. The number of carbonyl (C=O) groups excluding carboxylic acids is 1. The number of nitrogens with zero attached hydrogens (tertiary/aromatic N) is 2. The molecular formula is C23H26N4OS. The van der Waals surface area contributed by atoms with Crippen LogP contribution in [0.4, 0.5) is 0 Å². The van der Waals surface area contributed by atoms with Gasteiger partial charge in [0.1, 0.15) is 0 Å². The van der Waals surface area contributed by atoms with E-state index in [4.69, 9.17) is 0 Å². The quantitative estimate of drug-likeness (QED) is 0.586. The van der Waals surface area contributed by atoms with E-state index in [0.717, 1.165) is 17.8 Å². The van der Waals surface area contributed by atoms with Crippen molar-refractivity contribution in [3.05, 3.63) is 64.7 Å². The topological polar surface area (TPSA) is 70.7 Å². The van der Waals surface area contributed by atoms with E-state index >= 15 is 0 Å². The van der Waals surface area contributed by atoms with Gasteiger partial charge in [0, 0.05) is 5.56 Å². The highest BCUT2D eigenvalue weighted by Gasteiger charge is 2.15. The fourth-order valence-electron chi connectivity index (χ4n) is 3.67. The number of aromatic amines is 1. The maximum absolute atomic E-state index is 12.4. The van der Waals surface area contributed by atoms with Gasteiger partial charge in [0.15, 0.2) is 5.82 Å². The lowest BCUT2D eigenvalue weighted by molar-refractivity contribution is -0.119. The van der Waals surface area contributed by atoms with E-state index in [9.17, 15) is 4.79 Å². The van der Waals surface area contributed by atoms with Crippen molar-refractivity contribution in [2.24, 2.45) is 0 Å². The number of benzene rings is 2. The monoisotopic (exact) mass is 406 g/mol. The molecule has 1 amide bonds. The molecule has 3 aromatic rings. The third-order valence-electron chi connectivity index (χ3n) is 5.37. The maximum Gasteiger partial charge on any atom is 0.230 e. The van der Waals surface area contributed by atoms with Crippen LogP contribution in [-0.4, -0.2) is 26.8 Å². The molecule has 150 valence electrons. The van der Waals surface area contributed by atoms with Crippen LogP contribution >= 0.6 is 11.8 Å². The van der Waals surface area contributed by atoms with Crippen molar-refractivity contribution in [3.63, 3.8) is 0 Å². The Morgan fingerprint density at radius 1 is 1.14 bits per heavy atom. The summed E-state index contributed by atoms with van der Waals surface area (Å²) in [7, 11) is 0. The van der Waals surface area contributed by atoms with Crippen LogP contribution < -0.4 is 5.32 Å². The molecule has 4 rings (SSSR count). The molecule has 1 aliphatic rings. The normalized spacial score (nSPS) is 14.3. The molecule has 2 aromatic carbocycles. The molecule has 0 saturated heterocycles. The molecule has 29 heavy (non-hydrogen) atoms. The zero-order valence-electron chi connectivity index (χ0n) is 16.9. The van der Waals surface area contributed by atoms with E-state index in [1.54, 1.807) is 0 Å². The Kier molecular flexibility index (Phi) is 6.00. The highest BCUT2D eigenvalue weighted by atomic mass is 32.2. The van der Waals surface area contributed by atoms with E-state index < -0.39 is 0 Å². The van der Waals surface area contributed by atoms with Gasteiger partial charge in [0.25, 0.3) is 0 Å². The Hall–Kier alpha value is -2.60. The maximum atomic E-state index is 12.4. The molecule has 1 aliphatic carbocycles. The number of nitrogens with one attached hydrogen (secondary N) is 2. The minimum absolute atomic E-state index is 0.00871. The Balaban J connectivity index is 1.31. The second-order valence-electron chi connectivity index (χ2n) is 7.65. The predicted molar refractivity (Wildman–Crippen MR) is 117 cm³/mol. The summed E-state index contributed by atoms with van der Waals surface area (Å²) in [6.07, 6.45) is 4.86. The summed E-state index contributed by atoms with van der Waals surface area (Å²) in [5.41, 5.74) is 6.26. The summed E-state index contributed by atoms with van der Waals surface area (Å²) in [6.45, 7) is 4.09. The van der Waals surface area contributed by atoms with E-state index in [1.807, 2.05) is 31.2 Å². The summed E-state index contributed by atoms with van der Waals surface area (Å²) < 4.78 is 0. The smallest absolute Gasteiger partial charge is 0.230 e. The molecule has 0 aliphatic heterocycles. The third kappa shape index (κ3) is 4.88. The van der Waals surface area contributed by atoms with Gasteiger partial charge in [-0.1, -0.05) is 59.8 Å². The van der Waals surface area contributed by atoms with Crippen molar-refractivity contribution < 1.29 is 4.79 Å². The van der Waals surface area contributed by atoms with Crippen LogP contribution in [0.5, 0.6) is 0 Å². The molecule has 1 heterocycles. The number of amides is 1. The first-order chi connectivity index (χ1) is 14.1. The molecule has 0 bridgehead atoms. The predicted octanol–water partition coefficient (Wildman–Crippen LogP) is 4.63. The average molecular weight is 407 g/mol. The molecule has 0 saturated carbocycles. The van der Waals surface area contributed by atoms with Gasteiger partial charge in [-0.25, -0.2) is 4.98 Å². The summed E-state index contributed by atoms with van der Waals surface area (Å²) in [6, 6.07) is 14.7. The lowest BCUT2D eigenvalue weighted by atomic mass is 9.89. The number of hydrogen-bond acceptors (Lipinski definition) is 4. The molecule has 1 atom stereocenters. The first-order valence-corrected chi connectivity index (χ1v) is 11.1. The second-order valence-corrected chi connectivity index (χ2v) is 8.59. The SMILES string of the molecule is Cc1ccc(-c2nc(SCC(=O)NC(C)c3ccc4c(c3)CCCC4)n[nH]2)cc1. The average Bonchev–Trinajstić information content (AvgIpc) is 3.21. The van der Waals surface area contributed by atoms with Crippen LogP contribution in [0.1, 0.15) is 48.1 Å². The fourth-order valence-corrected chi connectivity index (χ4v) is 4.28. The van der Waals surface area contributed by atoms with Crippen molar-refractivity contribution in [1.82, 2.24) is 20.5 Å². The lowest BCUT2D eigenvalue weighted by Gasteiger charge is -2.20. The van der Waals surface area contributed by atoms with Crippen LogP contribution in [0, 0.1) is 6.92 Å². The van der Waals surface area contributed by atoms with Crippen LogP contribution in [0.25, 0.3) is 11.4 Å². The molecule has 6 heteroatoms. The van der Waals surface area contributed by atoms with Crippen LogP contribution in [0.2, 0.25) is 0 Å². The largest absolute Gasteiger partial charge is 0.349 e. The third-order valence-corrected chi connectivity index (χ3v) is 6.22. The molecular weight excluding hydrogens is 380 g/mol. The standard InChI is InChI=1S/C23H26N4OS/c1-15-7-9-18(10-8-15)22-25-23(27-26-22)29-14-21(28)24-16(2)19-12-11-17-5-3-4-6-20(17)13-19/h7-13,16H,3-6,14H2,1-2H3,(H,24,28)(H,25,26,27). The van der Waals surface area contributed by atoms with E-state index in [-0.39, 0.29) is 11.9 Å². The summed E-state index contributed by atoms with van der Waals surface area (Å²) in [5, 5.41) is 10.8. The number of rotatable bonds is 6. The fraction of sp³-hybridized carbons (Fsp3) is 0.348. The Bertz CT molecular complexity index is 996. The number of thioether (sulfide) groups is 1. The van der Waals surface area contributed by atoms with Gasteiger partial charge in [-0.2, -0.15) is 0 Å². The number of carbonyl (C=O) groups is 1. The zero-order valence-corrected chi connectivity index (χ0v) is 17.7.